The molecule has 0 aromatic carbocycles. The third-order valence-corrected chi connectivity index (χ3v) is 4.83. The summed E-state index contributed by atoms with van der Waals surface area (Å²) in [5.41, 5.74) is 2.71. The van der Waals surface area contributed by atoms with Crippen molar-refractivity contribution in [3.63, 3.8) is 0 Å². The van der Waals surface area contributed by atoms with Crippen LogP contribution in [0.4, 0.5) is 0 Å². The van der Waals surface area contributed by atoms with E-state index >= 15 is 0 Å². The third kappa shape index (κ3) is 2.63. The average molecular weight is 381 g/mol. The van der Waals surface area contributed by atoms with Crippen molar-refractivity contribution in [1.82, 2.24) is 15.0 Å². The van der Waals surface area contributed by atoms with E-state index in [1.165, 1.54) is 12.8 Å². The van der Waals surface area contributed by atoms with E-state index in [0.29, 0.717) is 11.7 Å². The minimum Gasteiger partial charge on any atom is -0.304 e. The maximum Gasteiger partial charge on any atom is 0.264 e. The summed E-state index contributed by atoms with van der Waals surface area (Å²) in [7, 11) is 0. The van der Waals surface area contributed by atoms with Gasteiger partial charge in [0.05, 0.1) is 5.69 Å². The standard InChI is InChI=1S/C15H16IN3O/c1-9-6-7-11(17-8-9)14-18-13(10-4-2-3-5-10)12(16)15(20)19-14/h6-8,10H,2-5H2,1H3,(H,18,19,20). The number of aromatic amines is 1. The van der Waals surface area contributed by atoms with Gasteiger partial charge in [-0.3, -0.25) is 9.78 Å². The van der Waals surface area contributed by atoms with Crippen molar-refractivity contribution < 1.29 is 0 Å². The van der Waals surface area contributed by atoms with Crippen molar-refractivity contribution >= 4 is 22.6 Å². The first kappa shape index (κ1) is 13.7. The van der Waals surface area contributed by atoms with Crippen molar-refractivity contribution in [3.05, 3.63) is 43.5 Å². The second-order valence-corrected chi connectivity index (χ2v) is 6.39. The molecule has 1 fully saturated rings. The van der Waals surface area contributed by atoms with Gasteiger partial charge in [0.25, 0.3) is 5.56 Å². The Morgan fingerprint density at radius 3 is 2.70 bits per heavy atom. The normalized spacial score (nSPS) is 15.7. The van der Waals surface area contributed by atoms with Gasteiger partial charge in [-0.15, -0.1) is 0 Å². The van der Waals surface area contributed by atoms with Crippen molar-refractivity contribution in [2.75, 3.05) is 0 Å². The van der Waals surface area contributed by atoms with Crippen LogP contribution < -0.4 is 5.56 Å². The zero-order valence-electron chi connectivity index (χ0n) is 11.3. The number of pyridine rings is 1. The van der Waals surface area contributed by atoms with E-state index in [1.54, 1.807) is 6.20 Å². The molecule has 1 aliphatic rings. The quantitative estimate of drug-likeness (QED) is 0.812. The van der Waals surface area contributed by atoms with E-state index in [1.807, 2.05) is 19.1 Å². The average Bonchev–Trinajstić information content (AvgIpc) is 2.96. The molecule has 3 rings (SSSR count). The number of rotatable bonds is 2. The van der Waals surface area contributed by atoms with Gasteiger partial charge >= 0.3 is 0 Å². The van der Waals surface area contributed by atoms with Crippen LogP contribution in [0.3, 0.4) is 0 Å². The third-order valence-electron chi connectivity index (χ3n) is 3.78. The van der Waals surface area contributed by atoms with Crippen LogP contribution in [0.5, 0.6) is 0 Å². The lowest BCUT2D eigenvalue weighted by Gasteiger charge is -2.11. The summed E-state index contributed by atoms with van der Waals surface area (Å²) in [4.78, 5) is 24.0. The van der Waals surface area contributed by atoms with Gasteiger partial charge in [0.1, 0.15) is 9.26 Å². The maximum absolute atomic E-state index is 12.1. The van der Waals surface area contributed by atoms with E-state index in [0.717, 1.165) is 33.4 Å². The van der Waals surface area contributed by atoms with E-state index in [4.69, 9.17) is 0 Å². The molecule has 0 amide bonds. The fourth-order valence-electron chi connectivity index (χ4n) is 2.68. The van der Waals surface area contributed by atoms with Gasteiger partial charge in [-0.25, -0.2) is 4.98 Å². The van der Waals surface area contributed by atoms with Crippen molar-refractivity contribution in [1.29, 1.82) is 0 Å². The molecule has 0 atom stereocenters. The summed E-state index contributed by atoms with van der Waals surface area (Å²) in [6, 6.07) is 3.88. The fraction of sp³-hybridized carbons (Fsp3) is 0.400. The first-order valence-electron chi connectivity index (χ1n) is 6.88. The molecule has 2 aromatic rings. The summed E-state index contributed by atoms with van der Waals surface area (Å²) in [5.74, 6) is 1.01. The lowest BCUT2D eigenvalue weighted by Crippen LogP contribution is -2.18. The molecule has 0 bridgehead atoms. The predicted octanol–water partition coefficient (Wildman–Crippen LogP) is 3.40. The Balaban J connectivity index is 2.08. The lowest BCUT2D eigenvalue weighted by molar-refractivity contribution is 0.687. The molecule has 104 valence electrons. The number of aryl methyl sites for hydroxylation is 1. The second-order valence-electron chi connectivity index (χ2n) is 5.32. The zero-order valence-corrected chi connectivity index (χ0v) is 13.5. The van der Waals surface area contributed by atoms with E-state index < -0.39 is 0 Å². The van der Waals surface area contributed by atoms with Crippen LogP contribution >= 0.6 is 22.6 Å². The number of hydrogen-bond acceptors (Lipinski definition) is 3. The van der Waals surface area contributed by atoms with E-state index in [-0.39, 0.29) is 5.56 Å². The van der Waals surface area contributed by atoms with Gasteiger partial charge in [-0.05, 0) is 54.0 Å². The van der Waals surface area contributed by atoms with Crippen molar-refractivity contribution in [2.24, 2.45) is 0 Å². The molecule has 1 N–H and O–H groups in total. The van der Waals surface area contributed by atoms with Crippen molar-refractivity contribution in [2.45, 2.75) is 38.5 Å². The lowest BCUT2D eigenvalue weighted by atomic mass is 10.0. The molecule has 1 saturated carbocycles. The fourth-order valence-corrected chi connectivity index (χ4v) is 3.37. The molecule has 0 unspecified atom stereocenters. The molecular formula is C15H16IN3O. The number of halogens is 1. The molecule has 4 nitrogen and oxygen atoms in total. The van der Waals surface area contributed by atoms with Crippen LogP contribution in [0.1, 0.15) is 42.9 Å². The predicted molar refractivity (Wildman–Crippen MR) is 86.8 cm³/mol. The number of aromatic nitrogens is 3. The topological polar surface area (TPSA) is 58.6 Å². The maximum atomic E-state index is 12.1. The van der Waals surface area contributed by atoms with Crippen LogP contribution in [0.2, 0.25) is 0 Å². The van der Waals surface area contributed by atoms with E-state index in [9.17, 15) is 4.79 Å². The largest absolute Gasteiger partial charge is 0.304 e. The summed E-state index contributed by atoms with van der Waals surface area (Å²) in [5, 5.41) is 0. The SMILES string of the molecule is Cc1ccc(-c2nc(C3CCCC3)c(I)c(=O)[nH]2)nc1. The zero-order chi connectivity index (χ0) is 14.1. The van der Waals surface area contributed by atoms with Crippen LogP contribution in [0.25, 0.3) is 11.5 Å². The van der Waals surface area contributed by atoms with Gasteiger partial charge in [-0.2, -0.15) is 0 Å². The molecule has 1 aliphatic carbocycles. The Bertz CT molecular complexity index is 673. The Labute approximate surface area is 131 Å². The highest BCUT2D eigenvalue weighted by molar-refractivity contribution is 14.1. The van der Waals surface area contributed by atoms with Crippen LogP contribution in [-0.2, 0) is 0 Å². The molecule has 5 heteroatoms. The summed E-state index contributed by atoms with van der Waals surface area (Å²) in [6.07, 6.45) is 6.52. The highest BCUT2D eigenvalue weighted by Crippen LogP contribution is 2.34. The molecule has 0 aliphatic heterocycles. The van der Waals surface area contributed by atoms with Crippen LogP contribution in [-0.4, -0.2) is 15.0 Å². The number of nitrogens with zero attached hydrogens (tertiary/aromatic N) is 2. The Morgan fingerprint density at radius 2 is 2.05 bits per heavy atom. The van der Waals surface area contributed by atoms with Gasteiger partial charge in [0.2, 0.25) is 0 Å². The van der Waals surface area contributed by atoms with E-state index in [2.05, 4.69) is 37.5 Å². The van der Waals surface area contributed by atoms with Crippen LogP contribution in [0.15, 0.2) is 23.1 Å². The Kier molecular flexibility index (Phi) is 3.87. The van der Waals surface area contributed by atoms with Gasteiger partial charge in [-0.1, -0.05) is 18.9 Å². The summed E-state index contributed by atoms with van der Waals surface area (Å²) >= 11 is 2.11. The minimum absolute atomic E-state index is 0.0557. The molecule has 0 radical (unpaired) electrons. The van der Waals surface area contributed by atoms with Crippen LogP contribution in [0, 0.1) is 10.5 Å². The molecule has 2 heterocycles. The van der Waals surface area contributed by atoms with Crippen molar-refractivity contribution in [3.8, 4) is 11.5 Å². The summed E-state index contributed by atoms with van der Waals surface area (Å²) < 4.78 is 0.727. The molecule has 0 spiro atoms. The first-order valence-corrected chi connectivity index (χ1v) is 7.96. The number of nitrogens with one attached hydrogen (secondary N) is 1. The summed E-state index contributed by atoms with van der Waals surface area (Å²) in [6.45, 7) is 1.99. The second kappa shape index (κ2) is 5.63. The Hall–Kier alpha value is -1.24. The smallest absolute Gasteiger partial charge is 0.264 e. The van der Waals surface area contributed by atoms with Gasteiger partial charge < -0.3 is 4.98 Å². The van der Waals surface area contributed by atoms with Gasteiger partial charge in [0, 0.05) is 12.1 Å². The molecule has 20 heavy (non-hydrogen) atoms. The first-order chi connectivity index (χ1) is 9.65. The molecular weight excluding hydrogens is 365 g/mol. The molecule has 2 aromatic heterocycles. The minimum atomic E-state index is -0.0557. The number of H-pyrrole nitrogens is 1. The Morgan fingerprint density at radius 1 is 1.30 bits per heavy atom. The number of hydrogen-bond donors (Lipinski definition) is 1. The molecule has 0 saturated heterocycles. The highest BCUT2D eigenvalue weighted by atomic mass is 127. The van der Waals surface area contributed by atoms with Gasteiger partial charge in [0.15, 0.2) is 5.82 Å². The highest BCUT2D eigenvalue weighted by Gasteiger charge is 2.23. The monoisotopic (exact) mass is 381 g/mol.